The SMILES string of the molecule is COC(=O)c1ccc(-c2cnn(C(F)F)c2)c(F)c1.O=C(O)c1ccc(-c2cnn(C(F)F)c2)c(F)c1.[Li+].[OH-]. The Morgan fingerprint density at radius 2 is 1.23 bits per heavy atom. The number of carboxylic acid groups (broad SMARTS) is 1. The van der Waals surface area contributed by atoms with Gasteiger partial charge in [-0.3, -0.25) is 0 Å². The van der Waals surface area contributed by atoms with Crippen molar-refractivity contribution in [3.8, 4) is 22.3 Å². The zero-order valence-electron chi connectivity index (χ0n) is 20.1. The Hall–Kier alpha value is -4.06. The molecule has 2 N–H and O–H groups in total. The molecule has 0 aliphatic carbocycles. The Kier molecular flexibility index (Phi) is 12.0. The van der Waals surface area contributed by atoms with Crippen LogP contribution in [0.3, 0.4) is 0 Å². The molecule has 0 atom stereocenters. The molecular formula is C23H17F6LiN4O5. The second-order valence-electron chi connectivity index (χ2n) is 7.16. The third-order valence-corrected chi connectivity index (χ3v) is 4.83. The van der Waals surface area contributed by atoms with Crippen LogP contribution in [-0.4, -0.2) is 49.2 Å². The van der Waals surface area contributed by atoms with Gasteiger partial charge in [0.15, 0.2) is 0 Å². The molecule has 2 aromatic heterocycles. The molecule has 9 nitrogen and oxygen atoms in total. The van der Waals surface area contributed by atoms with E-state index in [1.54, 1.807) is 0 Å². The third kappa shape index (κ3) is 7.96. The Morgan fingerprint density at radius 1 is 0.821 bits per heavy atom. The zero-order valence-corrected chi connectivity index (χ0v) is 20.1. The van der Waals surface area contributed by atoms with E-state index in [0.717, 1.165) is 36.9 Å². The first-order chi connectivity index (χ1) is 17.5. The van der Waals surface area contributed by atoms with Crippen LogP contribution in [0.5, 0.6) is 0 Å². The van der Waals surface area contributed by atoms with Gasteiger partial charge in [-0.2, -0.15) is 27.8 Å². The summed E-state index contributed by atoms with van der Waals surface area (Å²) in [4.78, 5) is 21.8. The molecule has 0 aliphatic heterocycles. The Morgan fingerprint density at radius 3 is 1.56 bits per heavy atom. The van der Waals surface area contributed by atoms with E-state index < -0.39 is 36.7 Å². The predicted molar refractivity (Wildman–Crippen MR) is 118 cm³/mol. The molecular weight excluding hydrogens is 533 g/mol. The minimum absolute atomic E-state index is 0. The van der Waals surface area contributed by atoms with Gasteiger partial charge in [0.05, 0.1) is 30.6 Å². The van der Waals surface area contributed by atoms with Crippen molar-refractivity contribution in [3.63, 3.8) is 0 Å². The fourth-order valence-electron chi connectivity index (χ4n) is 3.04. The third-order valence-electron chi connectivity index (χ3n) is 4.83. The van der Waals surface area contributed by atoms with Gasteiger partial charge >= 0.3 is 43.9 Å². The van der Waals surface area contributed by atoms with Crippen LogP contribution >= 0.6 is 0 Å². The van der Waals surface area contributed by atoms with Gasteiger partial charge in [0, 0.05) is 34.6 Å². The average molecular weight is 550 g/mol. The molecule has 4 aromatic rings. The summed E-state index contributed by atoms with van der Waals surface area (Å²) in [6.45, 7) is -5.59. The quantitative estimate of drug-likeness (QED) is 0.222. The molecule has 2 aromatic carbocycles. The molecule has 0 radical (unpaired) electrons. The van der Waals surface area contributed by atoms with Crippen molar-refractivity contribution in [2.45, 2.75) is 13.1 Å². The molecule has 4 rings (SSSR count). The van der Waals surface area contributed by atoms with Crippen LogP contribution in [0, 0.1) is 11.6 Å². The molecule has 202 valence electrons. The Balaban J connectivity index is 0.000000371. The summed E-state index contributed by atoms with van der Waals surface area (Å²) in [5.74, 6) is -3.45. The molecule has 0 fully saturated rings. The van der Waals surface area contributed by atoms with Crippen molar-refractivity contribution in [2.75, 3.05) is 7.11 Å². The van der Waals surface area contributed by atoms with Gasteiger partial charge in [0.1, 0.15) is 11.6 Å². The number of rotatable bonds is 6. The van der Waals surface area contributed by atoms with Crippen molar-refractivity contribution < 1.29 is 70.1 Å². The largest absolute Gasteiger partial charge is 1.00 e. The van der Waals surface area contributed by atoms with Gasteiger partial charge in [-0.15, -0.1) is 0 Å². The van der Waals surface area contributed by atoms with Gasteiger partial charge in [0.2, 0.25) is 0 Å². The van der Waals surface area contributed by atoms with E-state index >= 15 is 0 Å². The number of benzene rings is 2. The number of hydrogen-bond acceptors (Lipinski definition) is 6. The van der Waals surface area contributed by atoms with Crippen LogP contribution in [-0.2, 0) is 4.74 Å². The maximum Gasteiger partial charge on any atom is 1.00 e. The van der Waals surface area contributed by atoms with Crippen molar-refractivity contribution >= 4 is 11.9 Å². The monoisotopic (exact) mass is 550 g/mol. The number of esters is 1. The fraction of sp³-hybridized carbons (Fsp3) is 0.130. The number of hydrogen-bond donors (Lipinski definition) is 1. The molecule has 0 bridgehead atoms. The smallest absolute Gasteiger partial charge is 0.870 e. The molecule has 39 heavy (non-hydrogen) atoms. The number of halogens is 6. The molecule has 0 spiro atoms. The number of aromatic carboxylic acids is 1. The molecule has 0 saturated carbocycles. The minimum atomic E-state index is -2.81. The van der Waals surface area contributed by atoms with Crippen LogP contribution in [0.25, 0.3) is 22.3 Å². The van der Waals surface area contributed by atoms with Gasteiger partial charge in [-0.25, -0.2) is 27.7 Å². The molecule has 16 heteroatoms. The first kappa shape index (κ1) is 33.0. The minimum Gasteiger partial charge on any atom is -0.870 e. The maximum atomic E-state index is 13.8. The summed E-state index contributed by atoms with van der Waals surface area (Å²) in [5, 5.41) is 15.5. The van der Waals surface area contributed by atoms with Crippen molar-refractivity contribution in [3.05, 3.63) is 83.9 Å². The van der Waals surface area contributed by atoms with E-state index in [1.165, 1.54) is 31.4 Å². The maximum absolute atomic E-state index is 13.8. The van der Waals surface area contributed by atoms with E-state index in [2.05, 4.69) is 14.9 Å². The van der Waals surface area contributed by atoms with Gasteiger partial charge in [-0.1, -0.05) is 12.1 Å². The Labute approximate surface area is 228 Å². The summed E-state index contributed by atoms with van der Waals surface area (Å²) in [5.41, 5.74) is 0.299. The van der Waals surface area contributed by atoms with E-state index in [4.69, 9.17) is 5.11 Å². The first-order valence-electron chi connectivity index (χ1n) is 10.1. The van der Waals surface area contributed by atoms with Crippen molar-refractivity contribution in [1.82, 2.24) is 19.6 Å². The number of ether oxygens (including phenoxy) is 1. The molecule has 0 amide bonds. The zero-order chi connectivity index (χ0) is 27.3. The number of aromatic nitrogens is 4. The van der Waals surface area contributed by atoms with Crippen molar-refractivity contribution in [2.24, 2.45) is 0 Å². The number of methoxy groups -OCH3 is 1. The normalized spacial score (nSPS) is 10.3. The Bertz CT molecular complexity index is 1430. The summed E-state index contributed by atoms with van der Waals surface area (Å²) < 4.78 is 82.0. The standard InChI is InChI=1S/C12H9F3N2O2.C11H7F3N2O2.Li.H2O/c1-19-11(18)7-2-3-9(10(13)4-7)8-5-16-17(6-8)12(14)15;12-9-3-6(10(17)18)1-2-8(9)7-4-15-16(5-7)11(13)14;;/h2-6,12H,1H3;1-5,11H,(H,17,18);;1H2/q;;+1;/p-1. The van der Waals surface area contributed by atoms with Crippen LogP contribution in [0.2, 0.25) is 0 Å². The van der Waals surface area contributed by atoms with Gasteiger partial charge in [0.25, 0.3) is 0 Å². The molecule has 2 heterocycles. The first-order valence-corrected chi connectivity index (χ1v) is 10.1. The summed E-state index contributed by atoms with van der Waals surface area (Å²) in [6.07, 6.45) is 4.23. The molecule has 0 saturated heterocycles. The number of carbonyl (C=O) groups excluding carboxylic acids is 1. The second-order valence-corrected chi connectivity index (χ2v) is 7.16. The van der Waals surface area contributed by atoms with Crippen LogP contribution in [0.1, 0.15) is 33.8 Å². The van der Waals surface area contributed by atoms with Crippen molar-refractivity contribution in [1.29, 1.82) is 0 Å². The van der Waals surface area contributed by atoms with E-state index in [-0.39, 0.29) is 57.7 Å². The summed E-state index contributed by atoms with van der Waals surface area (Å²) in [7, 11) is 1.18. The van der Waals surface area contributed by atoms with Crippen LogP contribution in [0.15, 0.2) is 61.2 Å². The number of carbonyl (C=O) groups is 2. The topological polar surface area (TPSA) is 129 Å². The van der Waals surface area contributed by atoms with Crippen LogP contribution < -0.4 is 18.9 Å². The summed E-state index contributed by atoms with van der Waals surface area (Å²) in [6, 6.07) is 6.89. The fourth-order valence-corrected chi connectivity index (χ4v) is 3.04. The number of nitrogens with zero attached hydrogens (tertiary/aromatic N) is 4. The number of carboxylic acids is 1. The summed E-state index contributed by atoms with van der Waals surface area (Å²) >= 11 is 0. The number of alkyl halides is 4. The van der Waals surface area contributed by atoms with Crippen LogP contribution in [0.4, 0.5) is 26.3 Å². The van der Waals surface area contributed by atoms with E-state index in [1.807, 2.05) is 0 Å². The molecule has 0 unspecified atom stereocenters. The average Bonchev–Trinajstić information content (AvgIpc) is 3.54. The van der Waals surface area contributed by atoms with E-state index in [9.17, 15) is 35.9 Å². The van der Waals surface area contributed by atoms with Gasteiger partial charge in [-0.05, 0) is 24.3 Å². The second kappa shape index (κ2) is 14.2. The predicted octanol–water partition coefficient (Wildman–Crippen LogP) is 2.48. The van der Waals surface area contributed by atoms with E-state index in [0.29, 0.717) is 9.36 Å². The van der Waals surface area contributed by atoms with Gasteiger partial charge < -0.3 is 15.3 Å². The molecule has 0 aliphatic rings.